The van der Waals surface area contributed by atoms with Crippen molar-refractivity contribution in [3.63, 3.8) is 0 Å². The Morgan fingerprint density at radius 3 is 1.25 bits per heavy atom. The summed E-state index contributed by atoms with van der Waals surface area (Å²) in [6.07, 6.45) is 44.8. The summed E-state index contributed by atoms with van der Waals surface area (Å²) < 4.78 is 6.04. The minimum absolute atomic E-state index is 0.0359. The number of carbonyl (C=O) groups is 1. The molecule has 0 aromatic carbocycles. The molecule has 0 bridgehead atoms. The number of hydrogen-bond acceptors (Lipinski definition) is 4. The first kappa shape index (κ1) is 50.4. The van der Waals surface area contributed by atoms with Gasteiger partial charge >= 0.3 is 5.97 Å². The maximum atomic E-state index is 12.7. The van der Waals surface area contributed by atoms with Crippen LogP contribution in [-0.4, -0.2) is 48.3 Å². The van der Waals surface area contributed by atoms with Crippen molar-refractivity contribution in [2.24, 2.45) is 5.41 Å². The Labute approximate surface area is 321 Å². The van der Waals surface area contributed by atoms with Gasteiger partial charge in [-0.15, -0.1) is 0 Å². The van der Waals surface area contributed by atoms with Crippen molar-refractivity contribution in [3.05, 3.63) is 0 Å². The Morgan fingerprint density at radius 2 is 0.843 bits per heavy atom. The molecule has 0 aliphatic rings. The summed E-state index contributed by atoms with van der Waals surface area (Å²) in [4.78, 5) is 15.2. The molecule has 4 nitrogen and oxygen atoms in total. The highest BCUT2D eigenvalue weighted by molar-refractivity contribution is 5.69. The third-order valence-electron chi connectivity index (χ3n) is 11.4. The van der Waals surface area contributed by atoms with Crippen molar-refractivity contribution in [2.45, 2.75) is 265 Å². The van der Waals surface area contributed by atoms with Crippen LogP contribution < -0.4 is 0 Å². The van der Waals surface area contributed by atoms with Crippen molar-refractivity contribution in [2.75, 3.05) is 26.2 Å². The molecular weight excluding hydrogens is 627 g/mol. The first-order valence-electron chi connectivity index (χ1n) is 23.4. The Hall–Kier alpha value is -0.610. The lowest BCUT2D eigenvalue weighted by Gasteiger charge is -2.24. The van der Waals surface area contributed by atoms with Gasteiger partial charge in [0.25, 0.3) is 0 Å². The van der Waals surface area contributed by atoms with Crippen molar-refractivity contribution < 1.29 is 14.6 Å². The van der Waals surface area contributed by atoms with E-state index in [4.69, 9.17) is 4.74 Å². The topological polar surface area (TPSA) is 49.8 Å². The molecule has 0 heterocycles. The third-order valence-corrected chi connectivity index (χ3v) is 11.4. The van der Waals surface area contributed by atoms with E-state index in [0.29, 0.717) is 11.8 Å². The number of hydrogen-bond donors (Lipinski definition) is 1. The Bertz CT molecular complexity index is 679. The number of rotatable bonds is 42. The lowest BCUT2D eigenvalue weighted by Crippen LogP contribution is -2.29. The quantitative estimate of drug-likeness (QED) is 0.0504. The van der Waals surface area contributed by atoms with Crippen LogP contribution in [0.5, 0.6) is 0 Å². The predicted octanol–water partition coefficient (Wildman–Crippen LogP) is 14.9. The van der Waals surface area contributed by atoms with Crippen molar-refractivity contribution >= 4 is 5.97 Å². The van der Waals surface area contributed by atoms with E-state index in [-0.39, 0.29) is 18.7 Å². The molecule has 1 N–H and O–H groups in total. The van der Waals surface area contributed by atoms with Crippen molar-refractivity contribution in [1.82, 2.24) is 4.90 Å². The van der Waals surface area contributed by atoms with Gasteiger partial charge in [0.05, 0.1) is 6.61 Å². The average molecular weight is 722 g/mol. The minimum atomic E-state index is 0.0359. The van der Waals surface area contributed by atoms with Crippen LogP contribution in [0.4, 0.5) is 0 Å². The number of aliphatic hydroxyl groups is 1. The van der Waals surface area contributed by atoms with Gasteiger partial charge in [0.15, 0.2) is 0 Å². The van der Waals surface area contributed by atoms with E-state index in [1.165, 1.54) is 193 Å². The maximum Gasteiger partial charge on any atom is 0.306 e. The van der Waals surface area contributed by atoms with E-state index in [1.807, 2.05) is 0 Å². The Morgan fingerprint density at radius 1 is 0.490 bits per heavy atom. The van der Waals surface area contributed by atoms with E-state index in [2.05, 4.69) is 39.5 Å². The van der Waals surface area contributed by atoms with Gasteiger partial charge in [-0.3, -0.25) is 4.79 Å². The Kier molecular flexibility index (Phi) is 38.6. The van der Waals surface area contributed by atoms with Crippen LogP contribution in [0.15, 0.2) is 0 Å². The zero-order chi connectivity index (χ0) is 37.5. The number of ether oxygens (including phenoxy) is 1. The molecule has 51 heavy (non-hydrogen) atoms. The zero-order valence-electron chi connectivity index (χ0n) is 35.9. The third kappa shape index (κ3) is 37.5. The second-order valence-electron chi connectivity index (χ2n) is 17.2. The highest BCUT2D eigenvalue weighted by Crippen LogP contribution is 2.30. The monoisotopic (exact) mass is 722 g/mol. The Balaban J connectivity index is 3.99. The molecule has 0 radical (unpaired) electrons. The molecule has 0 saturated heterocycles. The van der Waals surface area contributed by atoms with Crippen LogP contribution >= 0.6 is 0 Å². The molecule has 0 aromatic heterocycles. The van der Waals surface area contributed by atoms with Gasteiger partial charge in [0.2, 0.25) is 0 Å². The summed E-state index contributed by atoms with van der Waals surface area (Å²) in [6.45, 7) is 15.1. The highest BCUT2D eigenvalue weighted by Gasteiger charge is 2.17. The van der Waals surface area contributed by atoms with Gasteiger partial charge in [-0.05, 0) is 76.3 Å². The molecular formula is C47H95NO3. The summed E-state index contributed by atoms with van der Waals surface area (Å²) in [5.41, 5.74) is 0.517. The number of unbranched alkanes of at least 4 members (excludes halogenated alkanes) is 25. The van der Waals surface area contributed by atoms with E-state index in [0.717, 1.165) is 45.3 Å². The van der Waals surface area contributed by atoms with Crippen LogP contribution in [0.1, 0.15) is 259 Å². The largest absolute Gasteiger partial charge is 0.462 e. The van der Waals surface area contributed by atoms with Gasteiger partial charge in [-0.25, -0.2) is 0 Å². The fraction of sp³-hybridized carbons (Fsp3) is 0.979. The predicted molar refractivity (Wildman–Crippen MR) is 226 cm³/mol. The van der Waals surface area contributed by atoms with Crippen LogP contribution in [0.2, 0.25) is 0 Å². The van der Waals surface area contributed by atoms with Gasteiger partial charge < -0.3 is 14.7 Å². The smallest absolute Gasteiger partial charge is 0.306 e. The highest BCUT2D eigenvalue weighted by atomic mass is 16.5. The standard InChI is InChI=1S/C47H95NO3/c1-6-9-12-15-18-25-32-39-47(4,5)40-33-26-19-20-27-34-41-48(43-44-49)42-35-28-21-24-31-38-46(50)51-45(36-29-22-16-13-10-7-2)37-30-23-17-14-11-8-3/h45,49H,6-44H2,1-5H3. The summed E-state index contributed by atoms with van der Waals surface area (Å²) >= 11 is 0. The summed E-state index contributed by atoms with van der Waals surface area (Å²) in [7, 11) is 0. The average Bonchev–Trinajstić information content (AvgIpc) is 3.11. The van der Waals surface area contributed by atoms with Crippen LogP contribution in [0.25, 0.3) is 0 Å². The molecule has 306 valence electrons. The number of nitrogens with zero attached hydrogens (tertiary/aromatic N) is 1. The van der Waals surface area contributed by atoms with Crippen LogP contribution in [0.3, 0.4) is 0 Å². The molecule has 0 rings (SSSR count). The molecule has 0 unspecified atom stereocenters. The zero-order valence-corrected chi connectivity index (χ0v) is 35.9. The van der Waals surface area contributed by atoms with Crippen LogP contribution in [0, 0.1) is 5.41 Å². The molecule has 0 aromatic rings. The molecule has 0 fully saturated rings. The van der Waals surface area contributed by atoms with E-state index >= 15 is 0 Å². The van der Waals surface area contributed by atoms with Crippen molar-refractivity contribution in [1.29, 1.82) is 0 Å². The first-order valence-corrected chi connectivity index (χ1v) is 23.4. The second kappa shape index (κ2) is 39.1. The fourth-order valence-corrected chi connectivity index (χ4v) is 7.76. The molecule has 4 heteroatoms. The van der Waals surface area contributed by atoms with Gasteiger partial charge in [0, 0.05) is 13.0 Å². The number of aliphatic hydroxyl groups excluding tert-OH is 1. The fourth-order valence-electron chi connectivity index (χ4n) is 7.76. The van der Waals surface area contributed by atoms with Gasteiger partial charge in [-0.1, -0.05) is 195 Å². The number of esters is 1. The second-order valence-corrected chi connectivity index (χ2v) is 17.2. The van der Waals surface area contributed by atoms with Crippen molar-refractivity contribution in [3.8, 4) is 0 Å². The summed E-state index contributed by atoms with van der Waals surface area (Å²) in [6, 6.07) is 0. The summed E-state index contributed by atoms with van der Waals surface area (Å²) in [5.74, 6) is 0.0359. The van der Waals surface area contributed by atoms with Gasteiger partial charge in [0.1, 0.15) is 6.10 Å². The molecule has 0 spiro atoms. The number of carbonyl (C=O) groups excluding carboxylic acids is 1. The minimum Gasteiger partial charge on any atom is -0.462 e. The SMILES string of the molecule is CCCCCCCCCC(C)(C)CCCCCCCCN(CCO)CCCCCCCC(=O)OC(CCCCCCCC)CCCCCCCC. The van der Waals surface area contributed by atoms with E-state index < -0.39 is 0 Å². The lowest BCUT2D eigenvalue weighted by molar-refractivity contribution is -0.150. The summed E-state index contributed by atoms with van der Waals surface area (Å²) in [5, 5.41) is 9.60. The van der Waals surface area contributed by atoms with Gasteiger partial charge in [-0.2, -0.15) is 0 Å². The molecule has 0 saturated carbocycles. The maximum absolute atomic E-state index is 12.7. The molecule has 0 atom stereocenters. The molecule has 0 amide bonds. The van der Waals surface area contributed by atoms with Crippen LogP contribution in [-0.2, 0) is 9.53 Å². The normalized spacial score (nSPS) is 12.1. The molecule has 0 aliphatic carbocycles. The lowest BCUT2D eigenvalue weighted by atomic mass is 9.82. The molecule has 0 aliphatic heterocycles. The van der Waals surface area contributed by atoms with E-state index in [9.17, 15) is 9.90 Å². The first-order chi connectivity index (χ1) is 24.9. The van der Waals surface area contributed by atoms with E-state index in [1.54, 1.807) is 0 Å².